The van der Waals surface area contributed by atoms with Crippen molar-refractivity contribution in [1.29, 1.82) is 0 Å². The molecular weight excluding hydrogens is 216 g/mol. The maximum Gasteiger partial charge on any atom is 0.299 e. The number of rotatable bonds is 4. The van der Waals surface area contributed by atoms with Crippen molar-refractivity contribution in [3.63, 3.8) is 0 Å². The third kappa shape index (κ3) is 2.55. The van der Waals surface area contributed by atoms with Crippen LogP contribution in [0.25, 0.3) is 10.9 Å². The molecule has 0 fully saturated rings. The minimum Gasteiger partial charge on any atom is -0.265 e. The summed E-state index contributed by atoms with van der Waals surface area (Å²) in [6, 6.07) is 7.11. The summed E-state index contributed by atoms with van der Waals surface area (Å²) in [7, 11) is 0. The molecule has 1 heterocycles. The summed E-state index contributed by atoms with van der Waals surface area (Å²) in [6.45, 7) is 2.11. The van der Waals surface area contributed by atoms with Gasteiger partial charge in [0.15, 0.2) is 0 Å². The smallest absolute Gasteiger partial charge is 0.265 e. The molecule has 0 bridgehead atoms. The van der Waals surface area contributed by atoms with E-state index >= 15 is 0 Å². The molecule has 0 radical (unpaired) electrons. The summed E-state index contributed by atoms with van der Waals surface area (Å²) < 4.78 is 0. The van der Waals surface area contributed by atoms with Crippen LogP contribution in [0.1, 0.15) is 26.2 Å². The first-order valence-corrected chi connectivity index (χ1v) is 5.70. The molecule has 17 heavy (non-hydrogen) atoms. The van der Waals surface area contributed by atoms with E-state index < -0.39 is 0 Å². The Bertz CT molecular complexity index is 588. The normalized spacial score (nSPS) is 11.4. The second kappa shape index (κ2) is 5.34. The Morgan fingerprint density at radius 2 is 2.24 bits per heavy atom. The zero-order valence-corrected chi connectivity index (χ0v) is 9.71. The molecule has 1 aromatic heterocycles. The largest absolute Gasteiger partial charge is 0.299 e. The van der Waals surface area contributed by atoms with Crippen molar-refractivity contribution in [3.8, 4) is 0 Å². The Kier molecular flexibility index (Phi) is 3.59. The highest BCUT2D eigenvalue weighted by atomic mass is 16.1. The lowest BCUT2D eigenvalue weighted by Crippen LogP contribution is -2.20. The Balaban J connectivity index is 2.33. The second-order valence-electron chi connectivity index (χ2n) is 3.74. The molecule has 0 unspecified atom stereocenters. The third-order valence-corrected chi connectivity index (χ3v) is 2.43. The number of hydrogen-bond donors (Lipinski definition) is 0. The predicted octanol–water partition coefficient (Wildman–Crippen LogP) is 1.82. The summed E-state index contributed by atoms with van der Waals surface area (Å²) in [5.74, 6) is 0. The molecule has 0 aliphatic carbocycles. The van der Waals surface area contributed by atoms with Crippen LogP contribution in [0.5, 0.6) is 0 Å². The maximum atomic E-state index is 11.9. The van der Waals surface area contributed by atoms with E-state index in [2.05, 4.69) is 22.3 Å². The van der Waals surface area contributed by atoms with Gasteiger partial charge in [0, 0.05) is 6.21 Å². The van der Waals surface area contributed by atoms with Crippen LogP contribution in [0.15, 0.2) is 34.2 Å². The molecule has 0 aliphatic rings. The molecule has 5 heteroatoms. The van der Waals surface area contributed by atoms with Gasteiger partial charge >= 0.3 is 0 Å². The molecule has 0 saturated heterocycles. The fourth-order valence-electron chi connectivity index (χ4n) is 1.49. The summed E-state index contributed by atoms with van der Waals surface area (Å²) in [4.78, 5) is 13.0. The Morgan fingerprint density at radius 3 is 3.06 bits per heavy atom. The van der Waals surface area contributed by atoms with Crippen LogP contribution < -0.4 is 5.56 Å². The highest BCUT2D eigenvalue weighted by Gasteiger charge is 2.02. The SMILES string of the molecule is CCCCC=Nn1nnc2ccccc2c1=O. The first-order chi connectivity index (χ1) is 8.33. The predicted molar refractivity (Wildman–Crippen MR) is 67.2 cm³/mol. The molecule has 88 valence electrons. The van der Waals surface area contributed by atoms with E-state index in [-0.39, 0.29) is 5.56 Å². The molecule has 0 saturated carbocycles. The topological polar surface area (TPSA) is 60.1 Å². The zero-order valence-electron chi connectivity index (χ0n) is 9.71. The van der Waals surface area contributed by atoms with E-state index in [4.69, 9.17) is 0 Å². The second-order valence-corrected chi connectivity index (χ2v) is 3.74. The van der Waals surface area contributed by atoms with Gasteiger partial charge < -0.3 is 0 Å². The average Bonchev–Trinajstić information content (AvgIpc) is 2.37. The molecule has 0 amide bonds. The lowest BCUT2D eigenvalue weighted by Gasteiger charge is -1.97. The van der Waals surface area contributed by atoms with Crippen molar-refractivity contribution in [2.45, 2.75) is 26.2 Å². The maximum absolute atomic E-state index is 11.9. The van der Waals surface area contributed by atoms with E-state index in [1.807, 2.05) is 6.07 Å². The quantitative estimate of drug-likeness (QED) is 0.594. The van der Waals surface area contributed by atoms with Crippen molar-refractivity contribution in [3.05, 3.63) is 34.6 Å². The van der Waals surface area contributed by atoms with Gasteiger partial charge in [-0.1, -0.05) is 30.3 Å². The zero-order chi connectivity index (χ0) is 12.1. The standard InChI is InChI=1S/C12H14N4O/c1-2-3-6-9-13-16-12(17)10-7-4-5-8-11(10)14-15-16/h4-5,7-9H,2-3,6H2,1H3. The van der Waals surface area contributed by atoms with Gasteiger partial charge in [0.1, 0.15) is 5.52 Å². The first kappa shape index (κ1) is 11.4. The number of fused-ring (bicyclic) bond motifs is 1. The monoisotopic (exact) mass is 230 g/mol. The molecule has 2 aromatic rings. The number of hydrogen-bond acceptors (Lipinski definition) is 4. The molecule has 0 atom stereocenters. The molecular formula is C12H14N4O. The summed E-state index contributed by atoms with van der Waals surface area (Å²) in [5, 5.41) is 12.2. The van der Waals surface area contributed by atoms with Gasteiger partial charge in [-0.25, -0.2) is 0 Å². The fraction of sp³-hybridized carbons (Fsp3) is 0.333. The minimum absolute atomic E-state index is 0.233. The van der Waals surface area contributed by atoms with Crippen LogP contribution in [-0.2, 0) is 0 Å². The van der Waals surface area contributed by atoms with Gasteiger partial charge in [-0.3, -0.25) is 4.79 Å². The van der Waals surface area contributed by atoms with Crippen molar-refractivity contribution < 1.29 is 0 Å². The number of unbranched alkanes of at least 4 members (excludes halogenated alkanes) is 2. The lowest BCUT2D eigenvalue weighted by molar-refractivity contribution is 0.637. The molecule has 0 aliphatic heterocycles. The Labute approximate surface area is 98.8 Å². The number of benzene rings is 1. The van der Waals surface area contributed by atoms with E-state index in [1.165, 1.54) is 0 Å². The van der Waals surface area contributed by atoms with Gasteiger partial charge in [0.05, 0.1) is 5.39 Å². The van der Waals surface area contributed by atoms with E-state index in [1.54, 1.807) is 24.4 Å². The van der Waals surface area contributed by atoms with Gasteiger partial charge in [-0.2, -0.15) is 5.10 Å². The van der Waals surface area contributed by atoms with E-state index in [0.29, 0.717) is 10.9 Å². The summed E-state index contributed by atoms with van der Waals surface area (Å²) >= 11 is 0. The van der Waals surface area contributed by atoms with Crippen molar-refractivity contribution >= 4 is 17.1 Å². The van der Waals surface area contributed by atoms with Crippen molar-refractivity contribution in [2.24, 2.45) is 5.10 Å². The van der Waals surface area contributed by atoms with Gasteiger partial charge in [-0.05, 0) is 30.2 Å². The lowest BCUT2D eigenvalue weighted by atomic mass is 10.2. The molecule has 0 spiro atoms. The number of nitrogens with zero attached hydrogens (tertiary/aromatic N) is 4. The van der Waals surface area contributed by atoms with Crippen LogP contribution in [-0.4, -0.2) is 21.3 Å². The van der Waals surface area contributed by atoms with Crippen molar-refractivity contribution in [1.82, 2.24) is 15.1 Å². The van der Waals surface area contributed by atoms with Gasteiger partial charge in [0.25, 0.3) is 5.56 Å². The van der Waals surface area contributed by atoms with Crippen LogP contribution in [0.4, 0.5) is 0 Å². The highest BCUT2D eigenvalue weighted by molar-refractivity contribution is 5.76. The Hall–Kier alpha value is -2.04. The molecule has 1 aromatic carbocycles. The molecule has 2 rings (SSSR count). The van der Waals surface area contributed by atoms with E-state index in [9.17, 15) is 4.79 Å². The van der Waals surface area contributed by atoms with Crippen LogP contribution in [0.2, 0.25) is 0 Å². The number of aromatic nitrogens is 3. The minimum atomic E-state index is -0.233. The van der Waals surface area contributed by atoms with Gasteiger partial charge in [-0.15, -0.1) is 5.10 Å². The van der Waals surface area contributed by atoms with E-state index in [0.717, 1.165) is 24.1 Å². The summed E-state index contributed by atoms with van der Waals surface area (Å²) in [6.07, 6.45) is 4.70. The molecule has 5 nitrogen and oxygen atoms in total. The Morgan fingerprint density at radius 1 is 1.41 bits per heavy atom. The van der Waals surface area contributed by atoms with Crippen molar-refractivity contribution in [2.75, 3.05) is 0 Å². The third-order valence-electron chi connectivity index (χ3n) is 2.43. The average molecular weight is 230 g/mol. The fourth-order valence-corrected chi connectivity index (χ4v) is 1.49. The van der Waals surface area contributed by atoms with Crippen LogP contribution in [0, 0.1) is 0 Å². The summed E-state index contributed by atoms with van der Waals surface area (Å²) in [5.41, 5.74) is 0.362. The van der Waals surface area contributed by atoms with Crippen LogP contribution >= 0.6 is 0 Å². The highest BCUT2D eigenvalue weighted by Crippen LogP contribution is 2.02. The first-order valence-electron chi connectivity index (χ1n) is 5.70. The molecule has 0 N–H and O–H groups in total. The van der Waals surface area contributed by atoms with Gasteiger partial charge in [0.2, 0.25) is 0 Å². The van der Waals surface area contributed by atoms with Crippen LogP contribution in [0.3, 0.4) is 0 Å².